The van der Waals surface area contributed by atoms with Gasteiger partial charge in [-0.05, 0) is 13.6 Å². The van der Waals surface area contributed by atoms with Crippen LogP contribution in [0.25, 0.3) is 0 Å². The summed E-state index contributed by atoms with van der Waals surface area (Å²) in [5.74, 6) is 0. The van der Waals surface area contributed by atoms with E-state index < -0.39 is 8.24 Å². The first-order chi connectivity index (χ1) is 3.48. The first-order valence-electron chi connectivity index (χ1n) is 3.19. The quantitative estimate of drug-likeness (QED) is 0.516. The van der Waals surface area contributed by atoms with E-state index in [1.54, 1.807) is 0 Å². The molecule has 0 aliphatic heterocycles. The zero-order valence-electron chi connectivity index (χ0n) is 6.65. The molecule has 1 nitrogen and oxygen atoms in total. The highest BCUT2D eigenvalue weighted by Gasteiger charge is 2.16. The summed E-state index contributed by atoms with van der Waals surface area (Å²) in [6, 6.07) is 0. The molecule has 0 spiro atoms. The van der Waals surface area contributed by atoms with E-state index in [1.165, 1.54) is 6.54 Å². The van der Waals surface area contributed by atoms with Gasteiger partial charge >= 0.3 is 0 Å². The summed E-state index contributed by atoms with van der Waals surface area (Å²) in [7, 11) is 1.27. The molecule has 0 fully saturated rings. The highest BCUT2D eigenvalue weighted by molar-refractivity contribution is 6.73. The van der Waals surface area contributed by atoms with E-state index >= 15 is 0 Å². The van der Waals surface area contributed by atoms with Crippen LogP contribution in [-0.2, 0) is 0 Å². The average molecular weight is 131 g/mol. The summed E-state index contributed by atoms with van der Waals surface area (Å²) in [6.45, 7) is 10.5. The van der Waals surface area contributed by atoms with Crippen molar-refractivity contribution in [3.63, 3.8) is 0 Å². The fraction of sp³-hybridized carbons (Fsp3) is 1.00. The smallest absolute Gasteiger partial charge is 0.118 e. The lowest BCUT2D eigenvalue weighted by atomic mass is 10.8. The van der Waals surface area contributed by atoms with Crippen LogP contribution in [-0.4, -0.2) is 26.4 Å². The molecule has 2 heteroatoms. The molecule has 0 aromatic heterocycles. The lowest BCUT2D eigenvalue weighted by Crippen LogP contribution is -2.42. The van der Waals surface area contributed by atoms with Crippen LogP contribution in [0.5, 0.6) is 0 Å². The van der Waals surface area contributed by atoms with E-state index in [0.717, 1.165) is 0 Å². The van der Waals surface area contributed by atoms with Crippen LogP contribution < -0.4 is 0 Å². The van der Waals surface area contributed by atoms with Gasteiger partial charge in [0, 0.05) is 0 Å². The minimum Gasteiger partial charge on any atom is -0.327 e. The Balaban J connectivity index is 3.62. The molecule has 0 aromatic rings. The Morgan fingerprint density at radius 3 is 1.62 bits per heavy atom. The van der Waals surface area contributed by atoms with Gasteiger partial charge in [0.05, 0.1) is 0 Å². The third kappa shape index (κ3) is 2.48. The molecule has 0 bridgehead atoms. The molecule has 0 saturated carbocycles. The van der Waals surface area contributed by atoms with Crippen LogP contribution >= 0.6 is 0 Å². The predicted molar refractivity (Wildman–Crippen MR) is 41.7 cm³/mol. The standard InChI is InChI=1S/C6H17NSi/c1-6-7(2)8(3,4)5/h6H2,1-5H3. The van der Waals surface area contributed by atoms with E-state index in [1.807, 2.05) is 0 Å². The van der Waals surface area contributed by atoms with Gasteiger partial charge in [0.25, 0.3) is 0 Å². The molecule has 0 heterocycles. The van der Waals surface area contributed by atoms with Gasteiger partial charge in [-0.3, -0.25) is 0 Å². The monoisotopic (exact) mass is 131 g/mol. The Bertz CT molecular complexity index is 65.4. The van der Waals surface area contributed by atoms with Gasteiger partial charge in [0.2, 0.25) is 0 Å². The highest BCUT2D eigenvalue weighted by Crippen LogP contribution is 2.03. The van der Waals surface area contributed by atoms with Crippen molar-refractivity contribution in [2.45, 2.75) is 26.6 Å². The van der Waals surface area contributed by atoms with Crippen LogP contribution in [0.3, 0.4) is 0 Å². The third-order valence-corrected chi connectivity index (χ3v) is 4.23. The molecule has 0 unspecified atom stereocenters. The minimum absolute atomic E-state index is 0.927. The van der Waals surface area contributed by atoms with Gasteiger partial charge in [0.15, 0.2) is 0 Å². The Morgan fingerprint density at radius 2 is 1.62 bits per heavy atom. The largest absolute Gasteiger partial charge is 0.327 e. The minimum atomic E-state index is -0.927. The second-order valence-electron chi connectivity index (χ2n) is 3.18. The van der Waals surface area contributed by atoms with Gasteiger partial charge in [-0.1, -0.05) is 26.6 Å². The maximum Gasteiger partial charge on any atom is 0.118 e. The molecular formula is C6H17NSi. The van der Waals surface area contributed by atoms with Crippen LogP contribution in [0.2, 0.25) is 19.6 Å². The summed E-state index contributed by atoms with van der Waals surface area (Å²) >= 11 is 0. The van der Waals surface area contributed by atoms with Crippen LogP contribution in [0.1, 0.15) is 6.92 Å². The summed E-state index contributed by atoms with van der Waals surface area (Å²) < 4.78 is 2.45. The number of hydrogen-bond acceptors (Lipinski definition) is 1. The Labute approximate surface area is 53.8 Å². The fourth-order valence-electron chi connectivity index (χ4n) is 0.474. The lowest BCUT2D eigenvalue weighted by Gasteiger charge is -2.28. The molecule has 0 aliphatic carbocycles. The van der Waals surface area contributed by atoms with E-state index in [0.29, 0.717) is 0 Å². The van der Waals surface area contributed by atoms with Gasteiger partial charge in [0.1, 0.15) is 8.24 Å². The Kier molecular flexibility index (Phi) is 2.70. The van der Waals surface area contributed by atoms with Crippen LogP contribution in [0, 0.1) is 0 Å². The van der Waals surface area contributed by atoms with Crippen molar-refractivity contribution < 1.29 is 0 Å². The molecule has 0 atom stereocenters. The van der Waals surface area contributed by atoms with Crippen LogP contribution in [0.15, 0.2) is 0 Å². The zero-order chi connectivity index (χ0) is 6.78. The van der Waals surface area contributed by atoms with Gasteiger partial charge in [-0.2, -0.15) is 0 Å². The summed E-state index contributed by atoms with van der Waals surface area (Å²) in [5, 5.41) is 0. The van der Waals surface area contributed by atoms with E-state index in [9.17, 15) is 0 Å². The molecule has 50 valence electrons. The number of rotatable bonds is 2. The van der Waals surface area contributed by atoms with Crippen molar-refractivity contribution in [1.29, 1.82) is 0 Å². The number of hydrogen-bond donors (Lipinski definition) is 0. The molecule has 0 radical (unpaired) electrons. The van der Waals surface area contributed by atoms with Crippen molar-refractivity contribution in [3.05, 3.63) is 0 Å². The van der Waals surface area contributed by atoms with Crippen LogP contribution in [0.4, 0.5) is 0 Å². The number of nitrogens with zero attached hydrogens (tertiary/aromatic N) is 1. The van der Waals surface area contributed by atoms with E-state index in [4.69, 9.17) is 0 Å². The first kappa shape index (κ1) is 8.18. The molecule has 0 saturated heterocycles. The van der Waals surface area contributed by atoms with Crippen molar-refractivity contribution in [2.24, 2.45) is 0 Å². The summed E-state index contributed by atoms with van der Waals surface area (Å²) in [5.41, 5.74) is 0. The predicted octanol–water partition coefficient (Wildman–Crippen LogP) is 1.77. The SMILES string of the molecule is CCN(C)[Si](C)(C)C. The molecular weight excluding hydrogens is 114 g/mol. The maximum atomic E-state index is 2.45. The van der Waals surface area contributed by atoms with Crippen molar-refractivity contribution in [2.75, 3.05) is 13.6 Å². The second kappa shape index (κ2) is 2.64. The maximum absolute atomic E-state index is 2.45. The van der Waals surface area contributed by atoms with Crippen molar-refractivity contribution >= 4 is 8.24 Å². The molecule has 8 heavy (non-hydrogen) atoms. The van der Waals surface area contributed by atoms with Crippen molar-refractivity contribution in [3.8, 4) is 0 Å². The van der Waals surface area contributed by atoms with Crippen molar-refractivity contribution in [1.82, 2.24) is 4.57 Å². The van der Waals surface area contributed by atoms with E-state index in [2.05, 4.69) is 38.2 Å². The van der Waals surface area contributed by atoms with Gasteiger partial charge in [-0.15, -0.1) is 0 Å². The molecule has 0 N–H and O–H groups in total. The molecule has 0 rings (SSSR count). The third-order valence-electron chi connectivity index (χ3n) is 1.62. The average Bonchev–Trinajstić information content (AvgIpc) is 1.62. The first-order valence-corrected chi connectivity index (χ1v) is 6.64. The van der Waals surface area contributed by atoms with E-state index in [-0.39, 0.29) is 0 Å². The molecule has 0 amide bonds. The topological polar surface area (TPSA) is 3.24 Å². The Morgan fingerprint density at radius 1 is 1.25 bits per heavy atom. The van der Waals surface area contributed by atoms with Gasteiger partial charge in [-0.25, -0.2) is 0 Å². The fourth-order valence-corrected chi connectivity index (χ4v) is 1.42. The summed E-state index contributed by atoms with van der Waals surface area (Å²) in [4.78, 5) is 0. The summed E-state index contributed by atoms with van der Waals surface area (Å²) in [6.07, 6.45) is 0. The molecule has 0 aromatic carbocycles. The Hall–Kier alpha value is 0.177. The normalized spacial score (nSPS) is 12.8. The highest BCUT2D eigenvalue weighted by atomic mass is 28.3. The lowest BCUT2D eigenvalue weighted by molar-refractivity contribution is 0.540. The second-order valence-corrected chi connectivity index (χ2v) is 8.29. The molecule has 0 aliphatic rings. The zero-order valence-corrected chi connectivity index (χ0v) is 7.65. The van der Waals surface area contributed by atoms with Gasteiger partial charge < -0.3 is 4.57 Å².